The Labute approximate surface area is 129 Å². The maximum Gasteiger partial charge on any atom is 0.108 e. The fraction of sp³-hybridized carbons (Fsp3) is 0.579. The fourth-order valence-corrected chi connectivity index (χ4v) is 1.79. The lowest BCUT2D eigenvalue weighted by atomic mass is 10.0. The van der Waals surface area contributed by atoms with Crippen LogP contribution in [0.3, 0.4) is 0 Å². The van der Waals surface area contributed by atoms with Crippen molar-refractivity contribution in [3.05, 3.63) is 35.4 Å². The van der Waals surface area contributed by atoms with E-state index < -0.39 is 0 Å². The van der Waals surface area contributed by atoms with Gasteiger partial charge in [0.15, 0.2) is 0 Å². The number of hydrogen-bond acceptors (Lipinski definition) is 2. The summed E-state index contributed by atoms with van der Waals surface area (Å²) in [4.78, 5) is 0. The summed E-state index contributed by atoms with van der Waals surface area (Å²) in [6.45, 7) is 11.5. The van der Waals surface area contributed by atoms with E-state index in [2.05, 4.69) is 63.8 Å². The van der Waals surface area contributed by atoms with E-state index in [4.69, 9.17) is 9.47 Å². The van der Waals surface area contributed by atoms with Crippen molar-refractivity contribution in [3.63, 3.8) is 0 Å². The van der Waals surface area contributed by atoms with Crippen molar-refractivity contribution in [2.45, 2.75) is 40.0 Å². The Kier molecular flexibility index (Phi) is 8.82. The highest BCUT2D eigenvalue weighted by Crippen LogP contribution is 2.14. The minimum Gasteiger partial charge on any atom is -0.381 e. The van der Waals surface area contributed by atoms with E-state index in [1.807, 2.05) is 0 Å². The lowest BCUT2D eigenvalue weighted by Gasteiger charge is -2.06. The molecule has 1 aromatic rings. The van der Waals surface area contributed by atoms with Crippen LogP contribution in [0.1, 0.15) is 51.2 Å². The molecule has 0 aliphatic heterocycles. The van der Waals surface area contributed by atoms with Gasteiger partial charge in [0.2, 0.25) is 0 Å². The maximum absolute atomic E-state index is 5.49. The highest BCUT2D eigenvalue weighted by atomic mass is 16.5. The van der Waals surface area contributed by atoms with Gasteiger partial charge in [0.05, 0.1) is 6.61 Å². The predicted octanol–water partition coefficient (Wildman–Crippen LogP) is 4.24. The molecule has 1 rings (SSSR count). The predicted molar refractivity (Wildman–Crippen MR) is 88.5 cm³/mol. The Morgan fingerprint density at radius 3 is 2.24 bits per heavy atom. The highest BCUT2D eigenvalue weighted by Gasteiger charge is 1.97. The van der Waals surface area contributed by atoms with Gasteiger partial charge in [-0.3, -0.25) is 0 Å². The molecule has 0 atom stereocenters. The summed E-state index contributed by atoms with van der Waals surface area (Å²) < 4.78 is 11.0. The van der Waals surface area contributed by atoms with Gasteiger partial charge in [0, 0.05) is 18.8 Å². The van der Waals surface area contributed by atoms with E-state index in [0.29, 0.717) is 25.0 Å². The molecule has 0 bridgehead atoms. The first kappa shape index (κ1) is 17.8. The van der Waals surface area contributed by atoms with Gasteiger partial charge in [-0.05, 0) is 36.0 Å². The molecule has 0 saturated carbocycles. The van der Waals surface area contributed by atoms with Crippen molar-refractivity contribution in [2.75, 3.05) is 26.4 Å². The van der Waals surface area contributed by atoms with Crippen LogP contribution in [-0.4, -0.2) is 26.4 Å². The minimum atomic E-state index is 0.482. The summed E-state index contributed by atoms with van der Waals surface area (Å²) in [5.74, 6) is 7.33. The van der Waals surface area contributed by atoms with Crippen LogP contribution >= 0.6 is 0 Å². The quantitative estimate of drug-likeness (QED) is 0.526. The normalized spacial score (nSPS) is 10.8. The van der Waals surface area contributed by atoms with Crippen LogP contribution in [0.2, 0.25) is 0 Å². The van der Waals surface area contributed by atoms with Crippen molar-refractivity contribution in [2.24, 2.45) is 5.92 Å². The summed E-state index contributed by atoms with van der Waals surface area (Å²) in [6, 6.07) is 8.42. The molecule has 0 aliphatic carbocycles. The molecule has 1 aromatic carbocycles. The Balaban J connectivity index is 2.13. The summed E-state index contributed by atoms with van der Waals surface area (Å²) in [5, 5.41) is 0. The lowest BCUT2D eigenvalue weighted by Crippen LogP contribution is -2.05. The van der Waals surface area contributed by atoms with Gasteiger partial charge in [-0.1, -0.05) is 51.7 Å². The molecule has 0 N–H and O–H groups in total. The first-order valence-corrected chi connectivity index (χ1v) is 7.84. The Bertz CT molecular complexity index is 435. The van der Waals surface area contributed by atoms with Crippen molar-refractivity contribution < 1.29 is 9.47 Å². The van der Waals surface area contributed by atoms with Crippen LogP contribution in [0, 0.1) is 17.8 Å². The van der Waals surface area contributed by atoms with Crippen LogP contribution in [0.15, 0.2) is 24.3 Å². The van der Waals surface area contributed by atoms with Gasteiger partial charge in [-0.25, -0.2) is 0 Å². The molecule has 0 heterocycles. The largest absolute Gasteiger partial charge is 0.381 e. The smallest absolute Gasteiger partial charge is 0.108 e. The molecule has 116 valence electrons. The van der Waals surface area contributed by atoms with Crippen LogP contribution in [0.25, 0.3) is 0 Å². The third kappa shape index (κ3) is 8.55. The van der Waals surface area contributed by atoms with Crippen LogP contribution in [-0.2, 0) is 9.47 Å². The molecule has 0 radical (unpaired) electrons. The molecule has 21 heavy (non-hydrogen) atoms. The average molecular weight is 288 g/mol. The Morgan fingerprint density at radius 1 is 0.952 bits per heavy atom. The molecule has 2 heteroatoms. The summed E-state index contributed by atoms with van der Waals surface area (Å²) in [5.41, 5.74) is 2.39. The zero-order valence-corrected chi connectivity index (χ0v) is 13.8. The van der Waals surface area contributed by atoms with Crippen LogP contribution in [0.5, 0.6) is 0 Å². The van der Waals surface area contributed by atoms with Crippen molar-refractivity contribution in [1.29, 1.82) is 0 Å². The van der Waals surface area contributed by atoms with E-state index in [1.165, 1.54) is 5.56 Å². The third-order valence-corrected chi connectivity index (χ3v) is 3.01. The number of rotatable bonds is 8. The standard InChI is InChI=1S/C19H28O2/c1-16(2)15-21-14-6-13-20-12-5-7-18-8-10-19(11-9-18)17(3)4/h8-11,16-17H,6,12-15H2,1-4H3. The number of benzene rings is 1. The molecule has 0 spiro atoms. The van der Waals surface area contributed by atoms with E-state index in [-0.39, 0.29) is 0 Å². The molecule has 0 unspecified atom stereocenters. The fourth-order valence-electron chi connectivity index (χ4n) is 1.79. The van der Waals surface area contributed by atoms with Gasteiger partial charge in [0.25, 0.3) is 0 Å². The number of hydrogen-bond donors (Lipinski definition) is 0. The zero-order valence-electron chi connectivity index (χ0n) is 13.8. The van der Waals surface area contributed by atoms with Crippen molar-refractivity contribution in [3.8, 4) is 11.8 Å². The lowest BCUT2D eigenvalue weighted by molar-refractivity contribution is 0.0802. The zero-order chi connectivity index (χ0) is 15.5. The Hall–Kier alpha value is -1.30. The minimum absolute atomic E-state index is 0.482. The van der Waals surface area contributed by atoms with Gasteiger partial charge in [0.1, 0.15) is 6.61 Å². The summed E-state index contributed by atoms with van der Waals surface area (Å²) >= 11 is 0. The van der Waals surface area contributed by atoms with Gasteiger partial charge in [-0.15, -0.1) is 0 Å². The third-order valence-electron chi connectivity index (χ3n) is 3.01. The molecule has 2 nitrogen and oxygen atoms in total. The van der Waals surface area contributed by atoms with Crippen LogP contribution < -0.4 is 0 Å². The molecule has 0 aliphatic rings. The molecule has 0 saturated heterocycles. The van der Waals surface area contributed by atoms with Crippen LogP contribution in [0.4, 0.5) is 0 Å². The highest BCUT2D eigenvalue weighted by molar-refractivity contribution is 5.36. The molecule has 0 amide bonds. The van der Waals surface area contributed by atoms with Gasteiger partial charge >= 0.3 is 0 Å². The van der Waals surface area contributed by atoms with Gasteiger partial charge in [-0.2, -0.15) is 0 Å². The van der Waals surface area contributed by atoms with E-state index in [0.717, 1.165) is 25.2 Å². The second kappa shape index (κ2) is 10.4. The maximum atomic E-state index is 5.49. The molecular weight excluding hydrogens is 260 g/mol. The Morgan fingerprint density at radius 2 is 1.62 bits per heavy atom. The molecule has 0 fully saturated rings. The summed E-state index contributed by atoms with van der Waals surface area (Å²) in [6.07, 6.45) is 0.928. The topological polar surface area (TPSA) is 18.5 Å². The SMILES string of the molecule is CC(C)COCCCOCC#Cc1ccc(C(C)C)cc1. The molecular formula is C19H28O2. The summed E-state index contributed by atoms with van der Waals surface area (Å²) in [7, 11) is 0. The first-order valence-electron chi connectivity index (χ1n) is 7.84. The number of ether oxygens (including phenoxy) is 2. The first-order chi connectivity index (χ1) is 10.1. The van der Waals surface area contributed by atoms with E-state index in [9.17, 15) is 0 Å². The van der Waals surface area contributed by atoms with E-state index >= 15 is 0 Å². The second-order valence-electron chi connectivity index (χ2n) is 5.95. The molecule has 0 aromatic heterocycles. The van der Waals surface area contributed by atoms with Crippen molar-refractivity contribution in [1.82, 2.24) is 0 Å². The monoisotopic (exact) mass is 288 g/mol. The second-order valence-corrected chi connectivity index (χ2v) is 5.95. The van der Waals surface area contributed by atoms with E-state index in [1.54, 1.807) is 0 Å². The van der Waals surface area contributed by atoms with Gasteiger partial charge < -0.3 is 9.47 Å². The van der Waals surface area contributed by atoms with Crippen molar-refractivity contribution >= 4 is 0 Å². The average Bonchev–Trinajstić information content (AvgIpc) is 2.45.